The van der Waals surface area contributed by atoms with Gasteiger partial charge in [0.05, 0.1) is 7.11 Å². The Kier molecular flexibility index (Phi) is 10.0. The molecule has 0 unspecified atom stereocenters. The number of carbonyl (C=O) groups excluding carboxylic acids is 2. The van der Waals surface area contributed by atoms with Crippen LogP contribution < -0.4 is 14.8 Å². The molecule has 2 amide bonds. The van der Waals surface area contributed by atoms with Crippen LogP contribution in [0.15, 0.2) is 46.9 Å². The van der Waals surface area contributed by atoms with Gasteiger partial charge in [0.1, 0.15) is 17.5 Å². The summed E-state index contributed by atoms with van der Waals surface area (Å²) in [5.41, 5.74) is 1.90. The van der Waals surface area contributed by atoms with Gasteiger partial charge in [-0.15, -0.1) is 0 Å². The number of halogens is 1. The first-order valence-corrected chi connectivity index (χ1v) is 11.7. The second-order valence-electron chi connectivity index (χ2n) is 7.81. The third kappa shape index (κ3) is 7.26. The number of benzene rings is 2. The van der Waals surface area contributed by atoms with E-state index in [1.54, 1.807) is 12.0 Å². The van der Waals surface area contributed by atoms with E-state index in [0.717, 1.165) is 22.0 Å². The fourth-order valence-corrected chi connectivity index (χ4v) is 3.51. The van der Waals surface area contributed by atoms with E-state index in [0.29, 0.717) is 17.9 Å². The van der Waals surface area contributed by atoms with Crippen molar-refractivity contribution in [2.45, 2.75) is 59.2 Å². The summed E-state index contributed by atoms with van der Waals surface area (Å²) in [6, 6.07) is 12.5. The Labute approximate surface area is 199 Å². The predicted molar refractivity (Wildman–Crippen MR) is 130 cm³/mol. The van der Waals surface area contributed by atoms with E-state index in [1.165, 1.54) is 0 Å². The zero-order valence-electron chi connectivity index (χ0n) is 19.5. The lowest BCUT2D eigenvalue weighted by atomic mass is 10.1. The van der Waals surface area contributed by atoms with Crippen LogP contribution in [0.25, 0.3) is 0 Å². The van der Waals surface area contributed by atoms with E-state index in [9.17, 15) is 9.59 Å². The van der Waals surface area contributed by atoms with Gasteiger partial charge in [-0.3, -0.25) is 9.59 Å². The number of ether oxygens (including phenoxy) is 2. The summed E-state index contributed by atoms with van der Waals surface area (Å²) in [6.07, 6.45) is 1.31. The number of methoxy groups -OCH3 is 1. The van der Waals surface area contributed by atoms with E-state index in [2.05, 4.69) is 21.2 Å². The van der Waals surface area contributed by atoms with E-state index in [-0.39, 0.29) is 31.0 Å². The van der Waals surface area contributed by atoms with Crippen LogP contribution in [0.1, 0.15) is 44.7 Å². The van der Waals surface area contributed by atoms with Crippen LogP contribution in [-0.4, -0.2) is 42.5 Å². The van der Waals surface area contributed by atoms with Gasteiger partial charge in [0, 0.05) is 17.1 Å². The summed E-state index contributed by atoms with van der Waals surface area (Å²) in [7, 11) is 1.60. The minimum absolute atomic E-state index is 0.0345. The SMILES string of the molecule is CC[C@@H](C)NC(=O)[C@@H](CC)N(Cc1cccc(OC)c1)C(=O)COc1ccc(Br)c(C)c1. The van der Waals surface area contributed by atoms with E-state index in [1.807, 2.05) is 70.2 Å². The molecule has 0 fully saturated rings. The minimum Gasteiger partial charge on any atom is -0.497 e. The Morgan fingerprint density at radius 1 is 1.09 bits per heavy atom. The van der Waals surface area contributed by atoms with Gasteiger partial charge < -0.3 is 19.7 Å². The molecule has 2 aromatic rings. The first-order valence-electron chi connectivity index (χ1n) is 10.9. The van der Waals surface area contributed by atoms with E-state index < -0.39 is 6.04 Å². The van der Waals surface area contributed by atoms with Gasteiger partial charge in [0.2, 0.25) is 5.91 Å². The summed E-state index contributed by atoms with van der Waals surface area (Å²) in [5.74, 6) is 0.906. The molecular formula is C25H33BrN2O4. The monoisotopic (exact) mass is 504 g/mol. The summed E-state index contributed by atoms with van der Waals surface area (Å²) < 4.78 is 12.1. The summed E-state index contributed by atoms with van der Waals surface area (Å²) in [4.78, 5) is 27.8. The number of nitrogens with zero attached hydrogens (tertiary/aromatic N) is 1. The second-order valence-corrected chi connectivity index (χ2v) is 8.67. The second kappa shape index (κ2) is 12.5. The highest BCUT2D eigenvalue weighted by Gasteiger charge is 2.29. The maximum atomic E-state index is 13.3. The molecule has 0 saturated carbocycles. The number of hydrogen-bond donors (Lipinski definition) is 1. The van der Waals surface area contributed by atoms with Crippen molar-refractivity contribution < 1.29 is 19.1 Å². The lowest BCUT2D eigenvalue weighted by molar-refractivity contribution is -0.143. The number of nitrogens with one attached hydrogen (secondary N) is 1. The van der Waals surface area contributed by atoms with E-state index >= 15 is 0 Å². The molecule has 0 bridgehead atoms. The molecule has 1 N–H and O–H groups in total. The van der Waals surface area contributed by atoms with Crippen LogP contribution in [-0.2, 0) is 16.1 Å². The van der Waals surface area contributed by atoms with Crippen molar-refractivity contribution in [3.05, 3.63) is 58.1 Å². The lowest BCUT2D eigenvalue weighted by Crippen LogP contribution is -2.51. The Morgan fingerprint density at radius 2 is 1.84 bits per heavy atom. The molecule has 0 saturated heterocycles. The van der Waals surface area contributed by atoms with Crippen molar-refractivity contribution in [3.63, 3.8) is 0 Å². The van der Waals surface area contributed by atoms with Gasteiger partial charge in [0.15, 0.2) is 6.61 Å². The van der Waals surface area contributed by atoms with Crippen LogP contribution in [0.3, 0.4) is 0 Å². The zero-order chi connectivity index (χ0) is 23.7. The first kappa shape index (κ1) is 25.7. The van der Waals surface area contributed by atoms with Gasteiger partial charge in [-0.25, -0.2) is 0 Å². The Bertz CT molecular complexity index is 919. The summed E-state index contributed by atoms with van der Waals surface area (Å²) >= 11 is 3.47. The molecule has 0 radical (unpaired) electrons. The maximum absolute atomic E-state index is 13.3. The molecule has 0 aliphatic carbocycles. The highest BCUT2D eigenvalue weighted by Crippen LogP contribution is 2.22. The maximum Gasteiger partial charge on any atom is 0.261 e. The molecule has 2 aromatic carbocycles. The van der Waals surface area contributed by atoms with Crippen molar-refractivity contribution >= 4 is 27.7 Å². The molecule has 0 aliphatic heterocycles. The van der Waals surface area contributed by atoms with Crippen LogP contribution >= 0.6 is 15.9 Å². The third-order valence-corrected chi connectivity index (χ3v) is 6.26. The van der Waals surface area contributed by atoms with Gasteiger partial charge in [0.25, 0.3) is 5.91 Å². The van der Waals surface area contributed by atoms with Gasteiger partial charge in [-0.2, -0.15) is 0 Å². The fourth-order valence-electron chi connectivity index (χ4n) is 3.26. The molecule has 0 heterocycles. The molecular weight excluding hydrogens is 472 g/mol. The Balaban J connectivity index is 2.24. The molecule has 6 nitrogen and oxygen atoms in total. The van der Waals surface area contributed by atoms with Crippen LogP contribution in [0.4, 0.5) is 0 Å². The van der Waals surface area contributed by atoms with Crippen molar-refractivity contribution in [2.75, 3.05) is 13.7 Å². The Morgan fingerprint density at radius 3 is 2.47 bits per heavy atom. The van der Waals surface area contributed by atoms with Crippen molar-refractivity contribution in [1.82, 2.24) is 10.2 Å². The molecule has 0 aliphatic rings. The van der Waals surface area contributed by atoms with Crippen molar-refractivity contribution in [1.29, 1.82) is 0 Å². The quantitative estimate of drug-likeness (QED) is 0.474. The molecule has 2 atom stereocenters. The summed E-state index contributed by atoms with van der Waals surface area (Å²) in [5, 5.41) is 3.01. The van der Waals surface area contributed by atoms with Crippen LogP contribution in [0.5, 0.6) is 11.5 Å². The average molecular weight is 505 g/mol. The standard InChI is InChI=1S/C25H33BrN2O4/c1-6-18(4)27-25(30)23(7-2)28(15-19-9-8-10-20(14-19)31-5)24(29)16-32-21-11-12-22(26)17(3)13-21/h8-14,18,23H,6-7,15-16H2,1-5H3,(H,27,30)/t18-,23-/m1/s1. The number of rotatable bonds is 11. The molecule has 2 rings (SSSR count). The van der Waals surface area contributed by atoms with Crippen molar-refractivity contribution in [3.8, 4) is 11.5 Å². The van der Waals surface area contributed by atoms with Crippen LogP contribution in [0.2, 0.25) is 0 Å². The lowest BCUT2D eigenvalue weighted by Gasteiger charge is -2.31. The Hall–Kier alpha value is -2.54. The average Bonchev–Trinajstić information content (AvgIpc) is 2.79. The van der Waals surface area contributed by atoms with E-state index in [4.69, 9.17) is 9.47 Å². The highest BCUT2D eigenvalue weighted by molar-refractivity contribution is 9.10. The number of carbonyl (C=O) groups is 2. The fraction of sp³-hybridized carbons (Fsp3) is 0.440. The highest BCUT2D eigenvalue weighted by atomic mass is 79.9. The molecule has 0 aromatic heterocycles. The first-order chi connectivity index (χ1) is 15.3. The third-order valence-electron chi connectivity index (χ3n) is 5.37. The largest absolute Gasteiger partial charge is 0.497 e. The summed E-state index contributed by atoms with van der Waals surface area (Å²) in [6.45, 7) is 7.96. The molecule has 174 valence electrons. The van der Waals surface area contributed by atoms with Crippen LogP contribution in [0, 0.1) is 6.92 Å². The predicted octanol–water partition coefficient (Wildman–Crippen LogP) is 4.87. The molecule has 32 heavy (non-hydrogen) atoms. The van der Waals surface area contributed by atoms with Crippen molar-refractivity contribution in [2.24, 2.45) is 0 Å². The van der Waals surface area contributed by atoms with Gasteiger partial charge in [-0.05, 0) is 68.1 Å². The normalized spacial score (nSPS) is 12.6. The zero-order valence-corrected chi connectivity index (χ0v) is 21.1. The molecule has 0 spiro atoms. The number of amides is 2. The smallest absolute Gasteiger partial charge is 0.261 e. The molecule has 7 heteroatoms. The number of hydrogen-bond acceptors (Lipinski definition) is 4. The number of aryl methyl sites for hydroxylation is 1. The minimum atomic E-state index is -0.599. The topological polar surface area (TPSA) is 67.9 Å². The van der Waals surface area contributed by atoms with Gasteiger partial charge >= 0.3 is 0 Å². The van der Waals surface area contributed by atoms with Gasteiger partial charge in [-0.1, -0.05) is 41.9 Å².